The summed E-state index contributed by atoms with van der Waals surface area (Å²) in [5, 5.41) is 2.94. The zero-order valence-electron chi connectivity index (χ0n) is 16.6. The molecule has 0 saturated carbocycles. The van der Waals surface area contributed by atoms with Gasteiger partial charge in [0.25, 0.3) is 0 Å². The molecule has 1 N–H and O–H groups in total. The van der Waals surface area contributed by atoms with Crippen molar-refractivity contribution < 1.29 is 13.2 Å². The first kappa shape index (κ1) is 20.4. The molecule has 0 radical (unpaired) electrons. The van der Waals surface area contributed by atoms with Crippen molar-refractivity contribution in [3.8, 4) is 0 Å². The van der Waals surface area contributed by atoms with Crippen LogP contribution in [0.3, 0.4) is 0 Å². The third-order valence-electron chi connectivity index (χ3n) is 5.07. The summed E-state index contributed by atoms with van der Waals surface area (Å²) in [5.74, 6) is -0.345. The minimum Gasteiger partial charge on any atom is -0.348 e. The number of carbonyl (C=O) groups is 1. The molecular weight excluding hydrogens is 374 g/mol. The number of nitrogens with one attached hydrogen (secondary N) is 1. The van der Waals surface area contributed by atoms with Crippen molar-refractivity contribution in [2.24, 2.45) is 0 Å². The van der Waals surface area contributed by atoms with E-state index in [0.717, 1.165) is 27.0 Å². The van der Waals surface area contributed by atoms with E-state index in [9.17, 15) is 13.2 Å². The number of nitrogens with zero attached hydrogens (tertiary/aromatic N) is 2. The third kappa shape index (κ3) is 4.36. The number of anilines is 1. The molecule has 0 fully saturated rings. The molecular formula is C21H27N3O3S. The second-order valence-electron chi connectivity index (χ2n) is 7.30. The van der Waals surface area contributed by atoms with Crippen LogP contribution in [0.25, 0.3) is 0 Å². The number of hydrogen-bond acceptors (Lipinski definition) is 3. The molecule has 1 aliphatic rings. The van der Waals surface area contributed by atoms with E-state index in [-0.39, 0.29) is 18.5 Å². The fourth-order valence-electron chi connectivity index (χ4n) is 3.46. The number of para-hydroxylation sites is 1. The lowest BCUT2D eigenvalue weighted by molar-refractivity contribution is -0.120. The van der Waals surface area contributed by atoms with Crippen LogP contribution in [-0.2, 0) is 27.8 Å². The molecule has 0 bridgehead atoms. The molecule has 0 unspecified atom stereocenters. The molecule has 2 aromatic carbocycles. The van der Waals surface area contributed by atoms with E-state index in [4.69, 9.17) is 0 Å². The SMILES string of the molecule is C[C@H](NC(=O)CN(c1ccccc1)S(=O)(=O)N(C)C)c1ccc2c(c1)CCC2. The lowest BCUT2D eigenvalue weighted by atomic mass is 10.0. The van der Waals surface area contributed by atoms with Gasteiger partial charge < -0.3 is 5.32 Å². The van der Waals surface area contributed by atoms with Crippen LogP contribution in [-0.4, -0.2) is 39.3 Å². The van der Waals surface area contributed by atoms with Crippen LogP contribution >= 0.6 is 0 Å². The average molecular weight is 402 g/mol. The lowest BCUT2D eigenvalue weighted by Gasteiger charge is -2.27. The number of aryl methyl sites for hydroxylation is 2. The summed E-state index contributed by atoms with van der Waals surface area (Å²) in [4.78, 5) is 12.7. The molecule has 1 amide bonds. The lowest BCUT2D eigenvalue weighted by Crippen LogP contribution is -2.46. The largest absolute Gasteiger partial charge is 0.348 e. The second kappa shape index (κ2) is 8.32. The van der Waals surface area contributed by atoms with Crippen LogP contribution in [0.1, 0.15) is 36.1 Å². The van der Waals surface area contributed by atoms with Gasteiger partial charge in [-0.1, -0.05) is 36.4 Å². The maximum atomic E-state index is 12.7. The summed E-state index contributed by atoms with van der Waals surface area (Å²) >= 11 is 0. The normalized spacial score (nSPS) is 14.6. The smallest absolute Gasteiger partial charge is 0.304 e. The predicted octanol–water partition coefficient (Wildman–Crippen LogP) is 2.67. The Bertz CT molecular complexity index is 943. The Morgan fingerprint density at radius 1 is 1.07 bits per heavy atom. The van der Waals surface area contributed by atoms with E-state index in [2.05, 4.69) is 17.4 Å². The maximum Gasteiger partial charge on any atom is 0.304 e. The molecule has 7 heteroatoms. The molecule has 1 atom stereocenters. The standard InChI is InChI=1S/C21H27N3O3S/c1-16(18-13-12-17-8-7-9-19(17)14-18)22-21(25)15-24(28(26,27)23(2)3)20-10-5-4-6-11-20/h4-6,10-14,16H,7-9,15H2,1-3H3,(H,22,25)/t16-/m0/s1. The topological polar surface area (TPSA) is 69.7 Å². The van der Waals surface area contributed by atoms with Crippen molar-refractivity contribution in [1.82, 2.24) is 9.62 Å². The Hall–Kier alpha value is -2.38. The van der Waals surface area contributed by atoms with Crippen LogP contribution in [0.15, 0.2) is 48.5 Å². The number of hydrogen-bond donors (Lipinski definition) is 1. The zero-order chi connectivity index (χ0) is 20.3. The van der Waals surface area contributed by atoms with Gasteiger partial charge in [0.1, 0.15) is 6.54 Å². The Morgan fingerprint density at radius 2 is 1.75 bits per heavy atom. The highest BCUT2D eigenvalue weighted by atomic mass is 32.2. The summed E-state index contributed by atoms with van der Waals surface area (Å²) in [7, 11) is -0.880. The van der Waals surface area contributed by atoms with Gasteiger partial charge in [0.15, 0.2) is 0 Å². The molecule has 3 rings (SSSR count). The van der Waals surface area contributed by atoms with Gasteiger partial charge in [-0.15, -0.1) is 0 Å². The zero-order valence-corrected chi connectivity index (χ0v) is 17.4. The summed E-state index contributed by atoms with van der Waals surface area (Å²) in [6.07, 6.45) is 3.37. The van der Waals surface area contributed by atoms with Crippen molar-refractivity contribution in [3.63, 3.8) is 0 Å². The Kier molecular flexibility index (Phi) is 6.05. The number of carbonyl (C=O) groups excluding carboxylic acids is 1. The summed E-state index contributed by atoms with van der Waals surface area (Å²) in [6, 6.07) is 14.8. The number of fused-ring (bicyclic) bond motifs is 1. The van der Waals surface area contributed by atoms with Gasteiger partial charge in [-0.25, -0.2) is 4.31 Å². The number of rotatable bonds is 7. The minimum absolute atomic E-state index is 0.196. The Morgan fingerprint density at radius 3 is 2.43 bits per heavy atom. The van der Waals surface area contributed by atoms with Crippen molar-refractivity contribution in [3.05, 3.63) is 65.2 Å². The Labute approximate surface area is 167 Å². The van der Waals surface area contributed by atoms with Gasteiger partial charge in [0, 0.05) is 14.1 Å². The van der Waals surface area contributed by atoms with E-state index < -0.39 is 10.2 Å². The molecule has 150 valence electrons. The van der Waals surface area contributed by atoms with Crippen LogP contribution in [0.2, 0.25) is 0 Å². The quantitative estimate of drug-likeness (QED) is 0.775. The molecule has 0 heterocycles. The summed E-state index contributed by atoms with van der Waals surface area (Å²) in [6.45, 7) is 1.64. The fourth-order valence-corrected chi connectivity index (χ4v) is 4.52. The minimum atomic E-state index is -3.79. The molecule has 1 aliphatic carbocycles. The molecule has 0 spiro atoms. The first-order chi connectivity index (χ1) is 13.3. The monoisotopic (exact) mass is 401 g/mol. The first-order valence-electron chi connectivity index (χ1n) is 9.45. The van der Waals surface area contributed by atoms with E-state index in [1.807, 2.05) is 13.0 Å². The van der Waals surface area contributed by atoms with Crippen molar-refractivity contribution in [2.45, 2.75) is 32.2 Å². The van der Waals surface area contributed by atoms with Crippen LogP contribution in [0.4, 0.5) is 5.69 Å². The highest BCUT2D eigenvalue weighted by Crippen LogP contribution is 2.25. The number of amides is 1. The Balaban J connectivity index is 1.75. The van der Waals surface area contributed by atoms with Crippen molar-refractivity contribution >= 4 is 21.8 Å². The molecule has 0 saturated heterocycles. The molecule has 2 aromatic rings. The third-order valence-corrected chi connectivity index (χ3v) is 6.89. The van der Waals surface area contributed by atoms with Crippen LogP contribution in [0.5, 0.6) is 0 Å². The summed E-state index contributed by atoms with van der Waals surface area (Å²) in [5.41, 5.74) is 4.22. The number of benzene rings is 2. The first-order valence-corrected chi connectivity index (χ1v) is 10.8. The molecule has 6 nitrogen and oxygen atoms in total. The van der Waals surface area contributed by atoms with E-state index in [0.29, 0.717) is 5.69 Å². The van der Waals surface area contributed by atoms with Crippen molar-refractivity contribution in [2.75, 3.05) is 24.9 Å². The van der Waals surface area contributed by atoms with Gasteiger partial charge in [-0.05, 0) is 55.0 Å². The molecule has 28 heavy (non-hydrogen) atoms. The highest BCUT2D eigenvalue weighted by Gasteiger charge is 2.27. The molecule has 0 aromatic heterocycles. The van der Waals surface area contributed by atoms with Gasteiger partial charge in [0.2, 0.25) is 5.91 Å². The second-order valence-corrected chi connectivity index (χ2v) is 9.37. The highest BCUT2D eigenvalue weighted by molar-refractivity contribution is 7.90. The van der Waals surface area contributed by atoms with E-state index in [1.54, 1.807) is 30.3 Å². The van der Waals surface area contributed by atoms with Crippen LogP contribution in [0, 0.1) is 0 Å². The van der Waals surface area contributed by atoms with Gasteiger partial charge in [-0.3, -0.25) is 4.79 Å². The molecule has 0 aliphatic heterocycles. The average Bonchev–Trinajstić information content (AvgIpc) is 3.14. The summed E-state index contributed by atoms with van der Waals surface area (Å²) < 4.78 is 27.7. The predicted molar refractivity (Wildman–Crippen MR) is 111 cm³/mol. The van der Waals surface area contributed by atoms with Gasteiger partial charge >= 0.3 is 10.2 Å². The maximum absolute atomic E-state index is 12.7. The van der Waals surface area contributed by atoms with Gasteiger partial charge in [0.05, 0.1) is 11.7 Å². The fraction of sp³-hybridized carbons (Fsp3) is 0.381. The van der Waals surface area contributed by atoms with Crippen molar-refractivity contribution in [1.29, 1.82) is 0 Å². The van der Waals surface area contributed by atoms with E-state index in [1.165, 1.54) is 31.6 Å². The van der Waals surface area contributed by atoms with Gasteiger partial charge in [-0.2, -0.15) is 12.7 Å². The van der Waals surface area contributed by atoms with E-state index >= 15 is 0 Å². The van der Waals surface area contributed by atoms with Crippen LogP contribution < -0.4 is 9.62 Å².